The van der Waals surface area contributed by atoms with E-state index in [4.69, 9.17) is 9.41 Å². The lowest BCUT2D eigenvalue weighted by Crippen LogP contribution is -2.34. The summed E-state index contributed by atoms with van der Waals surface area (Å²) in [5.41, 5.74) is 7.89. The van der Waals surface area contributed by atoms with E-state index in [-0.39, 0.29) is 11.0 Å². The zero-order valence-corrected chi connectivity index (χ0v) is 22.1. The Hall–Kier alpha value is -3.18. The van der Waals surface area contributed by atoms with Gasteiger partial charge in [0.05, 0.1) is 17.0 Å². The van der Waals surface area contributed by atoms with E-state index in [0.717, 1.165) is 70.0 Å². The molecule has 0 atom stereocenters. The van der Waals surface area contributed by atoms with Gasteiger partial charge in [0, 0.05) is 45.0 Å². The number of fused-ring (bicyclic) bond motifs is 5. The van der Waals surface area contributed by atoms with Crippen LogP contribution in [0.4, 0.5) is 11.4 Å². The second kappa shape index (κ2) is 7.91. The maximum absolute atomic E-state index is 13.1. The summed E-state index contributed by atoms with van der Waals surface area (Å²) in [6, 6.07) is 14.8. The number of halogens is 1. The molecule has 4 aromatic rings. The predicted octanol–water partition coefficient (Wildman–Crippen LogP) is 7.48. The van der Waals surface area contributed by atoms with Gasteiger partial charge >= 0.3 is 5.63 Å². The second-order valence-corrected chi connectivity index (χ2v) is 11.6. The maximum Gasteiger partial charge on any atom is 0.343 e. The van der Waals surface area contributed by atoms with E-state index < -0.39 is 0 Å². The smallest absolute Gasteiger partial charge is 0.343 e. The fourth-order valence-electron chi connectivity index (χ4n) is 6.32. The molecular weight excluding hydrogens is 512 g/mol. The minimum absolute atomic E-state index is 0.258. The Bertz CT molecular complexity index is 1710. The zero-order chi connectivity index (χ0) is 24.6. The van der Waals surface area contributed by atoms with Crippen LogP contribution in [0.1, 0.15) is 48.9 Å². The normalized spacial score (nSPS) is 18.1. The van der Waals surface area contributed by atoms with Gasteiger partial charge in [0.25, 0.3) is 0 Å². The van der Waals surface area contributed by atoms with Gasteiger partial charge in [0.15, 0.2) is 0 Å². The molecular formula is C31H27BrN2O2. The van der Waals surface area contributed by atoms with Crippen LogP contribution in [0.2, 0.25) is 0 Å². The zero-order valence-electron chi connectivity index (χ0n) is 20.5. The van der Waals surface area contributed by atoms with E-state index in [1.807, 2.05) is 18.2 Å². The van der Waals surface area contributed by atoms with Gasteiger partial charge in [0.1, 0.15) is 5.58 Å². The molecule has 0 radical (unpaired) electrons. The Labute approximate surface area is 218 Å². The monoisotopic (exact) mass is 538 g/mol. The molecule has 180 valence electrons. The van der Waals surface area contributed by atoms with Crippen LogP contribution >= 0.6 is 15.9 Å². The Morgan fingerprint density at radius 2 is 1.86 bits per heavy atom. The Balaban J connectivity index is 1.32. The molecule has 0 amide bonds. The van der Waals surface area contributed by atoms with Crippen molar-refractivity contribution >= 4 is 60.8 Å². The van der Waals surface area contributed by atoms with E-state index >= 15 is 0 Å². The van der Waals surface area contributed by atoms with Crippen LogP contribution in [0.25, 0.3) is 27.8 Å². The fourth-order valence-corrected chi connectivity index (χ4v) is 6.82. The molecule has 3 aliphatic rings. The lowest BCUT2D eigenvalue weighted by atomic mass is 9.80. The molecule has 0 N–H and O–H groups in total. The van der Waals surface area contributed by atoms with E-state index in [9.17, 15) is 4.79 Å². The topological polar surface area (TPSA) is 45.8 Å². The summed E-state index contributed by atoms with van der Waals surface area (Å²) in [4.78, 5) is 20.6. The molecule has 0 fully saturated rings. The first-order chi connectivity index (χ1) is 17.4. The van der Waals surface area contributed by atoms with Crippen LogP contribution in [0, 0.1) is 0 Å². The SMILES string of the molecule is CC1(C)C(C=Cc2cc3cc4c5c(c3oc2=O)CCCN5CCC4)=Nc2c1ccc1c(Br)cccc21. The average molecular weight is 539 g/mol. The third-order valence-corrected chi connectivity index (χ3v) is 8.88. The number of rotatable bonds is 2. The van der Waals surface area contributed by atoms with Crippen LogP contribution in [0.3, 0.4) is 0 Å². The molecule has 0 aliphatic carbocycles. The van der Waals surface area contributed by atoms with Crippen molar-refractivity contribution in [2.75, 3.05) is 18.0 Å². The number of allylic oxidation sites excluding steroid dienone is 1. The Morgan fingerprint density at radius 3 is 2.72 bits per heavy atom. The number of hydrogen-bond acceptors (Lipinski definition) is 4. The molecule has 36 heavy (non-hydrogen) atoms. The van der Waals surface area contributed by atoms with Crippen LogP contribution in [0.5, 0.6) is 0 Å². The molecule has 1 aromatic heterocycles. The fraction of sp³-hybridized carbons (Fsp3) is 0.290. The molecule has 0 spiro atoms. The highest BCUT2D eigenvalue weighted by molar-refractivity contribution is 9.10. The molecule has 4 heterocycles. The van der Waals surface area contributed by atoms with Gasteiger partial charge in [-0.2, -0.15) is 0 Å². The molecule has 3 aliphatic heterocycles. The number of aryl methyl sites for hydroxylation is 2. The first-order valence-corrected chi connectivity index (χ1v) is 13.6. The highest BCUT2D eigenvalue weighted by Gasteiger charge is 2.34. The van der Waals surface area contributed by atoms with Gasteiger partial charge in [-0.1, -0.05) is 54.0 Å². The van der Waals surface area contributed by atoms with Gasteiger partial charge in [-0.3, -0.25) is 4.99 Å². The largest absolute Gasteiger partial charge is 0.422 e. The van der Waals surface area contributed by atoms with E-state index in [0.29, 0.717) is 5.56 Å². The second-order valence-electron chi connectivity index (χ2n) is 10.7. The third kappa shape index (κ3) is 3.18. The third-order valence-electron chi connectivity index (χ3n) is 8.19. The van der Waals surface area contributed by atoms with E-state index in [1.54, 1.807) is 0 Å². The van der Waals surface area contributed by atoms with Gasteiger partial charge in [0.2, 0.25) is 0 Å². The van der Waals surface area contributed by atoms with Crippen molar-refractivity contribution in [1.29, 1.82) is 0 Å². The van der Waals surface area contributed by atoms with Crippen LogP contribution in [-0.4, -0.2) is 18.8 Å². The van der Waals surface area contributed by atoms with E-state index in [2.05, 4.69) is 71.1 Å². The van der Waals surface area contributed by atoms with Gasteiger partial charge in [-0.15, -0.1) is 0 Å². The van der Waals surface area contributed by atoms with Crippen molar-refractivity contribution in [3.63, 3.8) is 0 Å². The summed E-state index contributed by atoms with van der Waals surface area (Å²) in [5.74, 6) is 0. The summed E-state index contributed by atoms with van der Waals surface area (Å²) >= 11 is 3.67. The first-order valence-electron chi connectivity index (χ1n) is 12.8. The number of nitrogens with zero attached hydrogens (tertiary/aromatic N) is 2. The predicted molar refractivity (Wildman–Crippen MR) is 152 cm³/mol. The molecule has 3 aromatic carbocycles. The molecule has 0 saturated heterocycles. The summed E-state index contributed by atoms with van der Waals surface area (Å²) < 4.78 is 7.05. The number of hydrogen-bond donors (Lipinski definition) is 0. The van der Waals surface area contributed by atoms with Crippen molar-refractivity contribution in [2.24, 2.45) is 4.99 Å². The summed E-state index contributed by atoms with van der Waals surface area (Å²) in [7, 11) is 0. The summed E-state index contributed by atoms with van der Waals surface area (Å²) in [6.07, 6.45) is 8.23. The van der Waals surface area contributed by atoms with E-state index in [1.165, 1.54) is 28.8 Å². The van der Waals surface area contributed by atoms with Gasteiger partial charge < -0.3 is 9.32 Å². The Kier molecular flexibility index (Phi) is 4.84. The number of benzene rings is 3. The highest BCUT2D eigenvalue weighted by atomic mass is 79.9. The maximum atomic E-state index is 13.1. The molecule has 0 saturated carbocycles. The molecule has 5 heteroatoms. The van der Waals surface area contributed by atoms with Crippen molar-refractivity contribution in [2.45, 2.75) is 44.9 Å². The van der Waals surface area contributed by atoms with Crippen LogP contribution in [-0.2, 0) is 18.3 Å². The molecule has 0 bridgehead atoms. The van der Waals surface area contributed by atoms with Crippen molar-refractivity contribution < 1.29 is 4.42 Å². The number of aliphatic imine (C=N–C) groups is 1. The van der Waals surface area contributed by atoms with Crippen molar-refractivity contribution in [3.05, 3.63) is 85.7 Å². The Morgan fingerprint density at radius 1 is 1.03 bits per heavy atom. The van der Waals surface area contributed by atoms with Gasteiger partial charge in [-0.05, 0) is 72.5 Å². The minimum atomic E-state index is -0.286. The minimum Gasteiger partial charge on any atom is -0.422 e. The first kappa shape index (κ1) is 22.1. The lowest BCUT2D eigenvalue weighted by molar-refractivity contribution is 0.548. The van der Waals surface area contributed by atoms with Crippen molar-refractivity contribution in [3.8, 4) is 0 Å². The average Bonchev–Trinajstić information content (AvgIpc) is 3.14. The van der Waals surface area contributed by atoms with Crippen LogP contribution < -0.4 is 10.5 Å². The highest BCUT2D eigenvalue weighted by Crippen LogP contribution is 2.46. The van der Waals surface area contributed by atoms with Gasteiger partial charge in [-0.25, -0.2) is 4.79 Å². The molecule has 7 rings (SSSR count). The molecule has 4 nitrogen and oxygen atoms in total. The molecule has 0 unspecified atom stereocenters. The van der Waals surface area contributed by atoms with Crippen LogP contribution in [0.15, 0.2) is 67.2 Å². The quantitative estimate of drug-likeness (QED) is 0.248. The number of anilines is 1. The van der Waals surface area contributed by atoms with Crippen molar-refractivity contribution in [1.82, 2.24) is 0 Å². The summed E-state index contributed by atoms with van der Waals surface area (Å²) in [6.45, 7) is 6.58. The standard InChI is InChI=1S/C31H27BrN2O2/c1-31(2)24-12-11-21-22(7-3-9-25(21)32)27(24)33-26(31)13-10-19-17-20-16-18-6-4-14-34-15-5-8-23(28(18)34)29(20)36-30(19)35/h3,7,9-13,16-17H,4-6,8,14-15H2,1-2H3. The summed E-state index contributed by atoms with van der Waals surface area (Å²) in [5, 5.41) is 3.32. The lowest BCUT2D eigenvalue weighted by Gasteiger charge is -2.37.